The third-order valence-electron chi connectivity index (χ3n) is 5.47. The van der Waals surface area contributed by atoms with Gasteiger partial charge in [0.1, 0.15) is 6.04 Å². The molecule has 33 heavy (non-hydrogen) atoms. The fourth-order valence-corrected chi connectivity index (χ4v) is 3.82. The van der Waals surface area contributed by atoms with Crippen molar-refractivity contribution in [2.75, 3.05) is 0 Å². The molecule has 4 rings (SSSR count). The molecule has 9 nitrogen and oxygen atoms in total. The maximum Gasteiger partial charge on any atom is 0.335 e. The van der Waals surface area contributed by atoms with Gasteiger partial charge >= 0.3 is 5.97 Å². The topological polar surface area (TPSA) is 133 Å². The van der Waals surface area contributed by atoms with Crippen LogP contribution in [0.3, 0.4) is 0 Å². The van der Waals surface area contributed by atoms with Crippen LogP contribution in [0.25, 0.3) is 0 Å². The molecule has 0 spiro atoms. The number of aromatic carboxylic acids is 1. The number of carbonyl (C=O) groups excluding carboxylic acids is 4. The minimum atomic E-state index is -1.07. The van der Waals surface area contributed by atoms with Gasteiger partial charge in [-0.1, -0.05) is 24.1 Å². The standard InChI is InChI=1S/C24H19N3O6/c28-20(8-5-14-2-1-3-16(10-14)24(32)33)25-12-15-4-6-18-17(11-15)13-27(23(18)31)19-7-9-21(29)26-22(19)30/h1-4,6,10-11,19H,7,9,12-13H2,(H,25,28)(H,32,33)(H,26,29,30). The molecule has 0 saturated carbocycles. The van der Waals surface area contributed by atoms with Crippen LogP contribution in [0, 0.1) is 11.8 Å². The zero-order valence-corrected chi connectivity index (χ0v) is 17.4. The Hall–Kier alpha value is -4.45. The number of piperidine rings is 1. The summed E-state index contributed by atoms with van der Waals surface area (Å²) in [5.41, 5.74) is 2.49. The lowest BCUT2D eigenvalue weighted by molar-refractivity contribution is -0.137. The van der Waals surface area contributed by atoms with E-state index in [4.69, 9.17) is 5.11 Å². The molecule has 1 saturated heterocycles. The molecule has 1 fully saturated rings. The number of carboxylic acid groups (broad SMARTS) is 1. The second-order valence-corrected chi connectivity index (χ2v) is 7.71. The molecule has 0 aliphatic carbocycles. The number of nitrogens with one attached hydrogen (secondary N) is 2. The van der Waals surface area contributed by atoms with Crippen molar-refractivity contribution in [3.8, 4) is 11.8 Å². The van der Waals surface area contributed by atoms with Crippen molar-refractivity contribution in [3.05, 3.63) is 70.3 Å². The fourth-order valence-electron chi connectivity index (χ4n) is 3.82. The first kappa shape index (κ1) is 21.8. The highest BCUT2D eigenvalue weighted by atomic mass is 16.4. The van der Waals surface area contributed by atoms with E-state index in [-0.39, 0.29) is 36.9 Å². The number of amides is 4. The minimum Gasteiger partial charge on any atom is -0.478 e. The number of carboxylic acids is 1. The van der Waals surface area contributed by atoms with E-state index < -0.39 is 23.8 Å². The number of benzene rings is 2. The number of hydrogen-bond acceptors (Lipinski definition) is 5. The van der Waals surface area contributed by atoms with Gasteiger partial charge in [0.2, 0.25) is 11.8 Å². The molecule has 0 aromatic heterocycles. The lowest BCUT2D eigenvalue weighted by atomic mass is 10.0. The smallest absolute Gasteiger partial charge is 0.335 e. The first-order chi connectivity index (χ1) is 15.8. The van der Waals surface area contributed by atoms with Gasteiger partial charge in [-0.05, 0) is 41.8 Å². The quantitative estimate of drug-likeness (QED) is 0.471. The summed E-state index contributed by atoms with van der Waals surface area (Å²) >= 11 is 0. The highest BCUT2D eigenvalue weighted by molar-refractivity contribution is 6.05. The van der Waals surface area contributed by atoms with E-state index in [2.05, 4.69) is 22.5 Å². The van der Waals surface area contributed by atoms with E-state index in [1.165, 1.54) is 17.0 Å². The number of hydrogen-bond donors (Lipinski definition) is 3. The molecular weight excluding hydrogens is 426 g/mol. The van der Waals surface area contributed by atoms with Gasteiger partial charge in [0.05, 0.1) is 5.56 Å². The normalized spacial score (nSPS) is 17.0. The second kappa shape index (κ2) is 8.96. The Morgan fingerprint density at radius 1 is 1.15 bits per heavy atom. The van der Waals surface area contributed by atoms with Crippen LogP contribution in [-0.4, -0.2) is 45.6 Å². The first-order valence-electron chi connectivity index (χ1n) is 10.2. The Morgan fingerprint density at radius 3 is 2.73 bits per heavy atom. The van der Waals surface area contributed by atoms with Crippen molar-refractivity contribution in [1.29, 1.82) is 0 Å². The SMILES string of the molecule is O=C(C#Cc1cccc(C(=O)O)c1)NCc1ccc2c(c1)CN(C1CCC(=O)NC1=O)C2=O. The molecule has 166 valence electrons. The highest BCUT2D eigenvalue weighted by Gasteiger charge is 2.39. The highest BCUT2D eigenvalue weighted by Crippen LogP contribution is 2.28. The average Bonchev–Trinajstić information content (AvgIpc) is 3.12. The number of fused-ring (bicyclic) bond motifs is 1. The average molecular weight is 445 g/mol. The summed E-state index contributed by atoms with van der Waals surface area (Å²) in [5.74, 6) is 2.39. The van der Waals surface area contributed by atoms with Gasteiger partial charge in [0.15, 0.2) is 0 Å². The van der Waals surface area contributed by atoms with Crippen molar-refractivity contribution in [1.82, 2.24) is 15.5 Å². The zero-order valence-electron chi connectivity index (χ0n) is 17.4. The van der Waals surface area contributed by atoms with Crippen LogP contribution in [0.15, 0.2) is 42.5 Å². The van der Waals surface area contributed by atoms with E-state index in [1.807, 2.05) is 0 Å². The summed E-state index contributed by atoms with van der Waals surface area (Å²) in [6.45, 7) is 0.435. The number of imide groups is 1. The summed E-state index contributed by atoms with van der Waals surface area (Å²) < 4.78 is 0. The van der Waals surface area contributed by atoms with Crippen LogP contribution in [0.5, 0.6) is 0 Å². The van der Waals surface area contributed by atoms with E-state index in [0.717, 1.165) is 11.1 Å². The van der Waals surface area contributed by atoms with Crippen molar-refractivity contribution >= 4 is 29.6 Å². The van der Waals surface area contributed by atoms with Gasteiger partial charge in [-0.2, -0.15) is 0 Å². The number of nitrogens with zero attached hydrogens (tertiary/aromatic N) is 1. The molecule has 9 heteroatoms. The molecule has 0 bridgehead atoms. The van der Waals surface area contributed by atoms with E-state index in [9.17, 15) is 24.0 Å². The van der Waals surface area contributed by atoms with Crippen molar-refractivity contribution in [2.45, 2.75) is 32.0 Å². The molecular formula is C24H19N3O6. The molecule has 2 aliphatic heterocycles. The molecule has 2 aromatic carbocycles. The maximum absolute atomic E-state index is 12.7. The summed E-state index contributed by atoms with van der Waals surface area (Å²) in [4.78, 5) is 60.8. The third-order valence-corrected chi connectivity index (χ3v) is 5.47. The summed E-state index contributed by atoms with van der Waals surface area (Å²) in [5, 5.41) is 13.9. The van der Waals surface area contributed by atoms with E-state index in [0.29, 0.717) is 17.5 Å². The van der Waals surface area contributed by atoms with Crippen LogP contribution in [0.4, 0.5) is 0 Å². The van der Waals surface area contributed by atoms with Gasteiger partial charge in [-0.3, -0.25) is 24.5 Å². The van der Waals surface area contributed by atoms with Crippen molar-refractivity contribution < 1.29 is 29.1 Å². The predicted octanol–water partition coefficient (Wildman–Crippen LogP) is 0.814. The van der Waals surface area contributed by atoms with Crippen molar-refractivity contribution in [2.24, 2.45) is 0 Å². The monoisotopic (exact) mass is 445 g/mol. The lowest BCUT2D eigenvalue weighted by Gasteiger charge is -2.29. The lowest BCUT2D eigenvalue weighted by Crippen LogP contribution is -2.52. The largest absolute Gasteiger partial charge is 0.478 e. The minimum absolute atomic E-state index is 0.0845. The Bertz CT molecular complexity index is 1260. The van der Waals surface area contributed by atoms with Gasteiger partial charge in [-0.25, -0.2) is 4.79 Å². The van der Waals surface area contributed by atoms with E-state index >= 15 is 0 Å². The van der Waals surface area contributed by atoms with Crippen LogP contribution < -0.4 is 10.6 Å². The number of carbonyl (C=O) groups is 5. The molecule has 2 heterocycles. The Morgan fingerprint density at radius 2 is 1.97 bits per heavy atom. The van der Waals surface area contributed by atoms with Gasteiger partial charge < -0.3 is 15.3 Å². The van der Waals surface area contributed by atoms with Gasteiger partial charge in [-0.15, -0.1) is 0 Å². The first-order valence-corrected chi connectivity index (χ1v) is 10.2. The van der Waals surface area contributed by atoms with Crippen LogP contribution in [0.2, 0.25) is 0 Å². The third kappa shape index (κ3) is 4.75. The molecule has 3 N–H and O–H groups in total. The molecule has 1 atom stereocenters. The summed E-state index contributed by atoms with van der Waals surface area (Å²) in [6.07, 6.45) is 0.483. The Kier molecular flexibility index (Phi) is 5.91. The summed E-state index contributed by atoms with van der Waals surface area (Å²) in [6, 6.07) is 10.5. The Labute approximate surface area is 188 Å². The number of rotatable bonds is 4. The molecule has 1 unspecified atom stereocenters. The van der Waals surface area contributed by atoms with E-state index in [1.54, 1.807) is 30.3 Å². The van der Waals surface area contributed by atoms with Gasteiger partial charge in [0.25, 0.3) is 11.8 Å². The maximum atomic E-state index is 12.7. The Balaban J connectivity index is 1.38. The predicted molar refractivity (Wildman–Crippen MR) is 115 cm³/mol. The molecule has 2 aliphatic rings. The van der Waals surface area contributed by atoms with Gasteiger partial charge in [0, 0.05) is 36.6 Å². The molecule has 0 radical (unpaired) electrons. The van der Waals surface area contributed by atoms with Crippen LogP contribution in [0.1, 0.15) is 50.2 Å². The zero-order chi connectivity index (χ0) is 23.5. The fraction of sp³-hybridized carbons (Fsp3) is 0.208. The molecule has 2 aromatic rings. The summed E-state index contributed by atoms with van der Waals surface area (Å²) in [7, 11) is 0. The molecule has 4 amide bonds. The van der Waals surface area contributed by atoms with Crippen LogP contribution >= 0.6 is 0 Å². The van der Waals surface area contributed by atoms with Crippen LogP contribution in [-0.2, 0) is 27.5 Å². The van der Waals surface area contributed by atoms with Crippen molar-refractivity contribution in [3.63, 3.8) is 0 Å². The second-order valence-electron chi connectivity index (χ2n) is 7.71.